The molecular weight excluding hydrogens is 366 g/mol. The molecule has 2 N–H and O–H groups in total. The molecule has 1 aromatic heterocycles. The molecule has 0 aliphatic carbocycles. The molecule has 2 heterocycles. The molecule has 27 heavy (non-hydrogen) atoms. The zero-order valence-electron chi connectivity index (χ0n) is 14.1. The Labute approximate surface area is 159 Å². The van der Waals surface area contributed by atoms with Crippen LogP contribution in [0.3, 0.4) is 0 Å². The number of thiazole rings is 1. The lowest BCUT2D eigenvalue weighted by atomic mass is 10.2. The Bertz CT molecular complexity index is 988. The second-order valence-electron chi connectivity index (χ2n) is 5.68. The van der Waals surface area contributed by atoms with Gasteiger partial charge in [-0.1, -0.05) is 12.1 Å². The fourth-order valence-corrected chi connectivity index (χ4v) is 3.25. The fraction of sp³-hybridized carbons (Fsp3) is 0.105. The third kappa shape index (κ3) is 3.90. The van der Waals surface area contributed by atoms with Crippen molar-refractivity contribution in [2.24, 2.45) is 0 Å². The summed E-state index contributed by atoms with van der Waals surface area (Å²) in [4.78, 5) is 28.7. The molecular formula is C19H15N3O4S. The molecule has 3 aromatic rings. The minimum absolute atomic E-state index is 0.311. The Balaban J connectivity index is 1.42. The quantitative estimate of drug-likeness (QED) is 0.724. The topological polar surface area (TPSA) is 89.6 Å². The molecule has 0 unspecified atom stereocenters. The minimum atomic E-state index is -0.619. The number of nitrogens with one attached hydrogen (secondary N) is 2. The smallest absolute Gasteiger partial charge is 0.326 e. The maximum atomic E-state index is 12.3. The summed E-state index contributed by atoms with van der Waals surface area (Å²) in [5.74, 6) is 0.548. The molecule has 136 valence electrons. The minimum Gasteiger partial charge on any atom is -0.486 e. The van der Waals surface area contributed by atoms with E-state index in [4.69, 9.17) is 9.47 Å². The number of urea groups is 1. The highest BCUT2D eigenvalue weighted by Gasteiger charge is 2.16. The average Bonchev–Trinajstić information content (AvgIpc) is 3.22. The molecule has 0 saturated carbocycles. The van der Waals surface area contributed by atoms with E-state index in [2.05, 4.69) is 15.6 Å². The Morgan fingerprint density at radius 3 is 2.70 bits per heavy atom. The van der Waals surface area contributed by atoms with Gasteiger partial charge in [0.1, 0.15) is 18.2 Å². The van der Waals surface area contributed by atoms with Crippen LogP contribution in [-0.2, 0) is 0 Å². The van der Waals surface area contributed by atoms with Gasteiger partial charge in [-0.05, 0) is 30.3 Å². The SMILES string of the molecule is O=C(NC(=O)c1ccc2c(c1)OCCO2)Nc1cccc(-c2nccs2)c1. The summed E-state index contributed by atoms with van der Waals surface area (Å²) in [6.45, 7) is 0.898. The molecule has 0 saturated heterocycles. The summed E-state index contributed by atoms with van der Waals surface area (Å²) < 4.78 is 10.9. The molecule has 2 aromatic carbocycles. The maximum absolute atomic E-state index is 12.3. The van der Waals surface area contributed by atoms with Crippen molar-refractivity contribution in [3.8, 4) is 22.1 Å². The number of aromatic nitrogens is 1. The van der Waals surface area contributed by atoms with E-state index in [1.165, 1.54) is 11.3 Å². The third-order valence-electron chi connectivity index (χ3n) is 3.83. The van der Waals surface area contributed by atoms with Crippen LogP contribution in [0.25, 0.3) is 10.6 Å². The number of benzene rings is 2. The van der Waals surface area contributed by atoms with Gasteiger partial charge in [0.05, 0.1) is 0 Å². The van der Waals surface area contributed by atoms with Crippen LogP contribution in [-0.4, -0.2) is 30.1 Å². The molecule has 8 heteroatoms. The van der Waals surface area contributed by atoms with E-state index in [-0.39, 0.29) is 0 Å². The maximum Gasteiger partial charge on any atom is 0.326 e. The summed E-state index contributed by atoms with van der Waals surface area (Å²) in [5.41, 5.74) is 1.77. The summed E-state index contributed by atoms with van der Waals surface area (Å²) >= 11 is 1.51. The van der Waals surface area contributed by atoms with Crippen molar-refractivity contribution in [3.63, 3.8) is 0 Å². The van der Waals surface area contributed by atoms with Crippen molar-refractivity contribution in [2.45, 2.75) is 0 Å². The lowest BCUT2D eigenvalue weighted by Gasteiger charge is -2.18. The van der Waals surface area contributed by atoms with Crippen LogP contribution in [0.2, 0.25) is 0 Å². The largest absolute Gasteiger partial charge is 0.486 e. The number of amides is 3. The average molecular weight is 381 g/mol. The lowest BCUT2D eigenvalue weighted by molar-refractivity contribution is 0.0966. The number of hydrogen-bond donors (Lipinski definition) is 2. The number of fused-ring (bicyclic) bond motifs is 1. The number of carbonyl (C=O) groups excluding carboxylic acids is 2. The van der Waals surface area contributed by atoms with Gasteiger partial charge in [0.15, 0.2) is 11.5 Å². The van der Waals surface area contributed by atoms with Gasteiger partial charge >= 0.3 is 6.03 Å². The molecule has 3 amide bonds. The van der Waals surface area contributed by atoms with Crippen LogP contribution in [0, 0.1) is 0 Å². The molecule has 1 aliphatic heterocycles. The van der Waals surface area contributed by atoms with Gasteiger partial charge in [-0.25, -0.2) is 9.78 Å². The second-order valence-corrected chi connectivity index (χ2v) is 6.58. The molecule has 0 fully saturated rings. The number of ether oxygens (including phenoxy) is 2. The van der Waals surface area contributed by atoms with Crippen molar-refractivity contribution in [2.75, 3.05) is 18.5 Å². The Hall–Kier alpha value is -3.39. The van der Waals surface area contributed by atoms with Crippen molar-refractivity contribution in [1.82, 2.24) is 10.3 Å². The normalized spacial score (nSPS) is 12.3. The number of anilines is 1. The van der Waals surface area contributed by atoms with E-state index in [0.717, 1.165) is 10.6 Å². The van der Waals surface area contributed by atoms with Crippen LogP contribution in [0.1, 0.15) is 10.4 Å². The van der Waals surface area contributed by atoms with E-state index < -0.39 is 11.9 Å². The Kier molecular flexibility index (Phi) is 4.71. The predicted octanol–water partition coefficient (Wildman–Crippen LogP) is 3.54. The van der Waals surface area contributed by atoms with Crippen molar-refractivity contribution in [3.05, 3.63) is 59.6 Å². The lowest BCUT2D eigenvalue weighted by Crippen LogP contribution is -2.34. The zero-order valence-corrected chi connectivity index (χ0v) is 14.9. The van der Waals surface area contributed by atoms with Gasteiger partial charge in [0.25, 0.3) is 5.91 Å². The molecule has 0 atom stereocenters. The molecule has 0 bridgehead atoms. The molecule has 0 radical (unpaired) electrons. The van der Waals surface area contributed by atoms with Crippen LogP contribution in [0.4, 0.5) is 10.5 Å². The van der Waals surface area contributed by atoms with E-state index in [1.807, 2.05) is 17.5 Å². The van der Waals surface area contributed by atoms with Gasteiger partial charge in [0.2, 0.25) is 0 Å². The molecule has 0 spiro atoms. The first-order valence-corrected chi connectivity index (χ1v) is 9.09. The van der Waals surface area contributed by atoms with Crippen LogP contribution in [0.5, 0.6) is 11.5 Å². The first kappa shape index (κ1) is 17.0. The molecule has 7 nitrogen and oxygen atoms in total. The Morgan fingerprint density at radius 2 is 1.89 bits per heavy atom. The summed E-state index contributed by atoms with van der Waals surface area (Å²) in [6.07, 6.45) is 1.72. The van der Waals surface area contributed by atoms with Crippen molar-refractivity contribution >= 4 is 29.0 Å². The van der Waals surface area contributed by atoms with Gasteiger partial charge < -0.3 is 14.8 Å². The van der Waals surface area contributed by atoms with E-state index in [1.54, 1.807) is 36.5 Å². The Morgan fingerprint density at radius 1 is 1.04 bits per heavy atom. The van der Waals surface area contributed by atoms with Gasteiger partial charge in [-0.15, -0.1) is 11.3 Å². The van der Waals surface area contributed by atoms with Gasteiger partial charge in [0, 0.05) is 28.4 Å². The first-order chi connectivity index (χ1) is 13.2. The third-order valence-corrected chi connectivity index (χ3v) is 4.65. The summed E-state index contributed by atoms with van der Waals surface area (Å²) in [7, 11) is 0. The van der Waals surface area contributed by atoms with Gasteiger partial charge in [-0.2, -0.15) is 0 Å². The predicted molar refractivity (Wildman–Crippen MR) is 101 cm³/mol. The molecule has 4 rings (SSSR count). The van der Waals surface area contributed by atoms with Crippen LogP contribution >= 0.6 is 11.3 Å². The monoisotopic (exact) mass is 381 g/mol. The number of hydrogen-bond acceptors (Lipinski definition) is 6. The van der Waals surface area contributed by atoms with Crippen LogP contribution < -0.4 is 20.1 Å². The number of imide groups is 1. The molecule has 1 aliphatic rings. The van der Waals surface area contributed by atoms with E-state index >= 15 is 0 Å². The second kappa shape index (κ2) is 7.46. The summed E-state index contributed by atoms with van der Waals surface area (Å²) in [5, 5.41) is 7.70. The number of carbonyl (C=O) groups is 2. The highest BCUT2D eigenvalue weighted by atomic mass is 32.1. The first-order valence-electron chi connectivity index (χ1n) is 8.21. The van der Waals surface area contributed by atoms with E-state index in [0.29, 0.717) is 36.0 Å². The highest BCUT2D eigenvalue weighted by Crippen LogP contribution is 2.30. The van der Waals surface area contributed by atoms with E-state index in [9.17, 15) is 9.59 Å². The fourth-order valence-electron chi connectivity index (χ4n) is 2.62. The van der Waals surface area contributed by atoms with Crippen LogP contribution in [0.15, 0.2) is 54.0 Å². The van der Waals surface area contributed by atoms with Crippen molar-refractivity contribution < 1.29 is 19.1 Å². The standard InChI is InChI=1S/C19H15N3O4S/c23-17(12-4-5-15-16(11-12)26-8-7-25-15)22-19(24)21-14-3-1-2-13(10-14)18-20-6-9-27-18/h1-6,9-11H,7-8H2,(H2,21,22,23,24). The highest BCUT2D eigenvalue weighted by molar-refractivity contribution is 7.13. The van der Waals surface area contributed by atoms with Crippen molar-refractivity contribution in [1.29, 1.82) is 0 Å². The number of rotatable bonds is 3. The summed E-state index contributed by atoms with van der Waals surface area (Å²) in [6, 6.07) is 11.4. The zero-order chi connectivity index (χ0) is 18.6. The number of nitrogens with zero attached hydrogens (tertiary/aromatic N) is 1. The van der Waals surface area contributed by atoms with Gasteiger partial charge in [-0.3, -0.25) is 10.1 Å².